The molecule has 0 aliphatic carbocycles. The normalized spacial score (nSPS) is 10.9. The van der Waals surface area contributed by atoms with E-state index in [-0.39, 0.29) is 0 Å². The van der Waals surface area contributed by atoms with E-state index < -0.39 is 0 Å². The summed E-state index contributed by atoms with van der Waals surface area (Å²) < 4.78 is 5.09. The lowest BCUT2D eigenvalue weighted by atomic mass is 10.3. The Morgan fingerprint density at radius 3 is 2.75 bits per heavy atom. The number of nitrogens with one attached hydrogen (secondary N) is 1. The molecule has 2 aromatic rings. The van der Waals surface area contributed by atoms with Crippen molar-refractivity contribution in [1.82, 2.24) is 25.4 Å². The van der Waals surface area contributed by atoms with E-state index in [0.717, 1.165) is 5.56 Å². The van der Waals surface area contributed by atoms with Crippen LogP contribution in [0.4, 0.5) is 0 Å². The second-order valence-electron chi connectivity index (χ2n) is 3.67. The predicted octanol–water partition coefficient (Wildman–Crippen LogP) is 1.02. The molecule has 84 valence electrons. The lowest BCUT2D eigenvalue weighted by Crippen LogP contribution is -2.21. The lowest BCUT2D eigenvalue weighted by Gasteiger charge is -2.02. The Morgan fingerprint density at radius 2 is 2.06 bits per heavy atom. The summed E-state index contributed by atoms with van der Waals surface area (Å²) in [4.78, 5) is 12.0. The Balaban J connectivity index is 2.08. The largest absolute Gasteiger partial charge is 0.338 e. The summed E-state index contributed by atoms with van der Waals surface area (Å²) in [7, 11) is 0. The molecule has 2 rings (SSSR count). The summed E-state index contributed by atoms with van der Waals surface area (Å²) in [5, 5.41) is 7.06. The van der Waals surface area contributed by atoms with Gasteiger partial charge in [0, 0.05) is 18.4 Å². The molecule has 0 amide bonds. The van der Waals surface area contributed by atoms with Crippen LogP contribution in [-0.2, 0) is 6.54 Å². The monoisotopic (exact) mass is 219 g/mol. The van der Waals surface area contributed by atoms with E-state index in [0.29, 0.717) is 24.3 Å². The Hall–Kier alpha value is -1.82. The van der Waals surface area contributed by atoms with Gasteiger partial charge in [0.2, 0.25) is 11.7 Å². The third kappa shape index (κ3) is 2.60. The van der Waals surface area contributed by atoms with Crippen LogP contribution in [0.5, 0.6) is 0 Å². The summed E-state index contributed by atoms with van der Waals surface area (Å²) in [6.07, 6.45) is 4.76. The van der Waals surface area contributed by atoms with Crippen LogP contribution in [0, 0.1) is 0 Å². The first-order chi connectivity index (χ1) is 7.75. The smallest absolute Gasteiger partial charge is 0.240 e. The zero-order valence-corrected chi connectivity index (χ0v) is 9.21. The number of hydrogen-bond donors (Lipinski definition) is 1. The van der Waals surface area contributed by atoms with Gasteiger partial charge in [0.05, 0.1) is 12.1 Å². The fraction of sp³-hybridized carbons (Fsp3) is 0.400. The quantitative estimate of drug-likeness (QED) is 0.827. The van der Waals surface area contributed by atoms with Crippen molar-refractivity contribution in [2.75, 3.05) is 0 Å². The highest BCUT2D eigenvalue weighted by molar-refractivity contribution is 5.50. The molecule has 2 heterocycles. The van der Waals surface area contributed by atoms with Crippen molar-refractivity contribution in [3.8, 4) is 11.4 Å². The molecule has 0 saturated heterocycles. The van der Waals surface area contributed by atoms with Gasteiger partial charge in [-0.05, 0) is 0 Å². The van der Waals surface area contributed by atoms with Crippen LogP contribution >= 0.6 is 0 Å². The first-order valence-corrected chi connectivity index (χ1v) is 5.07. The highest BCUT2D eigenvalue weighted by atomic mass is 16.5. The van der Waals surface area contributed by atoms with Crippen LogP contribution in [0.25, 0.3) is 11.4 Å². The first-order valence-electron chi connectivity index (χ1n) is 5.07. The van der Waals surface area contributed by atoms with E-state index in [1.54, 1.807) is 12.4 Å². The Morgan fingerprint density at radius 1 is 1.31 bits per heavy atom. The highest BCUT2D eigenvalue weighted by Crippen LogP contribution is 2.12. The van der Waals surface area contributed by atoms with E-state index in [1.807, 2.05) is 0 Å². The molecular formula is C10H13N5O. The minimum absolute atomic E-state index is 0.385. The van der Waals surface area contributed by atoms with Gasteiger partial charge in [-0.15, -0.1) is 0 Å². The van der Waals surface area contributed by atoms with Crippen LogP contribution in [0.3, 0.4) is 0 Å². The van der Waals surface area contributed by atoms with Crippen LogP contribution < -0.4 is 5.32 Å². The molecule has 0 fully saturated rings. The van der Waals surface area contributed by atoms with E-state index >= 15 is 0 Å². The van der Waals surface area contributed by atoms with Crippen LogP contribution in [0.2, 0.25) is 0 Å². The van der Waals surface area contributed by atoms with Gasteiger partial charge in [-0.1, -0.05) is 19.0 Å². The number of nitrogens with zero attached hydrogens (tertiary/aromatic N) is 4. The maximum Gasteiger partial charge on any atom is 0.240 e. The van der Waals surface area contributed by atoms with Gasteiger partial charge in [0.25, 0.3) is 0 Å². The van der Waals surface area contributed by atoms with E-state index in [1.165, 1.54) is 6.33 Å². The van der Waals surface area contributed by atoms with E-state index in [4.69, 9.17) is 4.52 Å². The standard InChI is InChI=1S/C10H13N5O/c1-7(2)13-5-9-14-10(15-16-9)8-3-11-6-12-4-8/h3-4,6-7,13H,5H2,1-2H3. The van der Waals surface area contributed by atoms with Gasteiger partial charge in [-0.3, -0.25) is 0 Å². The van der Waals surface area contributed by atoms with Crippen LogP contribution in [0.15, 0.2) is 23.2 Å². The molecule has 2 aromatic heterocycles. The fourth-order valence-electron chi connectivity index (χ4n) is 1.15. The second-order valence-corrected chi connectivity index (χ2v) is 3.67. The Labute approximate surface area is 93.1 Å². The van der Waals surface area contributed by atoms with Gasteiger partial charge in [0.15, 0.2) is 0 Å². The zero-order chi connectivity index (χ0) is 11.4. The van der Waals surface area contributed by atoms with Crippen molar-refractivity contribution in [3.63, 3.8) is 0 Å². The average Bonchev–Trinajstić information content (AvgIpc) is 2.76. The maximum absolute atomic E-state index is 5.09. The molecule has 16 heavy (non-hydrogen) atoms. The van der Waals surface area contributed by atoms with E-state index in [2.05, 4.69) is 39.3 Å². The van der Waals surface area contributed by atoms with Crippen molar-refractivity contribution >= 4 is 0 Å². The van der Waals surface area contributed by atoms with Crippen LogP contribution in [0.1, 0.15) is 19.7 Å². The SMILES string of the molecule is CC(C)NCc1nc(-c2cncnc2)no1. The summed E-state index contributed by atoms with van der Waals surface area (Å²) in [5.41, 5.74) is 0.752. The Kier molecular flexibility index (Phi) is 3.21. The maximum atomic E-state index is 5.09. The first kappa shape index (κ1) is 10.7. The van der Waals surface area contributed by atoms with Gasteiger partial charge in [0.1, 0.15) is 6.33 Å². The third-order valence-corrected chi connectivity index (χ3v) is 1.95. The van der Waals surface area contributed by atoms with Crippen molar-refractivity contribution in [2.24, 2.45) is 0 Å². The van der Waals surface area contributed by atoms with Crippen molar-refractivity contribution in [2.45, 2.75) is 26.4 Å². The topological polar surface area (TPSA) is 76.7 Å². The number of hydrogen-bond acceptors (Lipinski definition) is 6. The molecule has 0 aliphatic rings. The molecule has 0 aromatic carbocycles. The molecule has 0 atom stereocenters. The van der Waals surface area contributed by atoms with Gasteiger partial charge in [-0.25, -0.2) is 9.97 Å². The van der Waals surface area contributed by atoms with E-state index in [9.17, 15) is 0 Å². The predicted molar refractivity (Wildman–Crippen MR) is 57.3 cm³/mol. The summed E-state index contributed by atoms with van der Waals surface area (Å²) in [6, 6.07) is 0.385. The molecule has 0 unspecified atom stereocenters. The fourth-order valence-corrected chi connectivity index (χ4v) is 1.15. The summed E-state index contributed by atoms with van der Waals surface area (Å²) in [6.45, 7) is 4.68. The van der Waals surface area contributed by atoms with Gasteiger partial charge in [-0.2, -0.15) is 4.98 Å². The van der Waals surface area contributed by atoms with Crippen molar-refractivity contribution < 1.29 is 4.52 Å². The second kappa shape index (κ2) is 4.80. The van der Waals surface area contributed by atoms with Crippen LogP contribution in [-0.4, -0.2) is 26.2 Å². The molecule has 0 radical (unpaired) electrons. The minimum atomic E-state index is 0.385. The Bertz CT molecular complexity index is 439. The average molecular weight is 219 g/mol. The molecule has 0 spiro atoms. The zero-order valence-electron chi connectivity index (χ0n) is 9.21. The third-order valence-electron chi connectivity index (χ3n) is 1.95. The van der Waals surface area contributed by atoms with Gasteiger partial charge < -0.3 is 9.84 Å². The summed E-state index contributed by atoms with van der Waals surface area (Å²) >= 11 is 0. The molecule has 1 N–H and O–H groups in total. The summed E-state index contributed by atoms with van der Waals surface area (Å²) in [5.74, 6) is 1.08. The van der Waals surface area contributed by atoms with Crippen molar-refractivity contribution in [3.05, 3.63) is 24.6 Å². The molecule has 6 heteroatoms. The van der Waals surface area contributed by atoms with Crippen molar-refractivity contribution in [1.29, 1.82) is 0 Å². The minimum Gasteiger partial charge on any atom is -0.338 e. The molecule has 6 nitrogen and oxygen atoms in total. The van der Waals surface area contributed by atoms with Gasteiger partial charge >= 0.3 is 0 Å². The lowest BCUT2D eigenvalue weighted by molar-refractivity contribution is 0.362. The number of aromatic nitrogens is 4. The molecule has 0 saturated carbocycles. The molecular weight excluding hydrogens is 206 g/mol. The number of rotatable bonds is 4. The molecule has 0 bridgehead atoms. The molecule has 0 aliphatic heterocycles. The highest BCUT2D eigenvalue weighted by Gasteiger charge is 2.08.